The van der Waals surface area contributed by atoms with Crippen molar-refractivity contribution < 1.29 is 5.11 Å². The molecule has 0 saturated carbocycles. The molecule has 4 heteroatoms. The van der Waals surface area contributed by atoms with Crippen LogP contribution in [0.1, 0.15) is 18.2 Å². The Labute approximate surface area is 84.2 Å². The fourth-order valence-corrected chi connectivity index (χ4v) is 1.15. The van der Waals surface area contributed by atoms with E-state index in [1.807, 2.05) is 26.0 Å². The first-order valence-electron chi connectivity index (χ1n) is 4.71. The number of aliphatic hydroxyl groups excluding tert-OH is 1. The SMILES string of the molecule is Cc1ccc(CN)c(NC(C)CO)n1. The van der Waals surface area contributed by atoms with E-state index in [0.717, 1.165) is 17.1 Å². The minimum atomic E-state index is -0.00500. The predicted molar refractivity (Wildman–Crippen MR) is 57.0 cm³/mol. The molecule has 0 aliphatic rings. The summed E-state index contributed by atoms with van der Waals surface area (Å²) in [6.45, 7) is 4.35. The zero-order valence-electron chi connectivity index (χ0n) is 8.62. The van der Waals surface area contributed by atoms with Crippen LogP contribution in [0.25, 0.3) is 0 Å². The second-order valence-electron chi connectivity index (χ2n) is 3.39. The van der Waals surface area contributed by atoms with Crippen LogP contribution in [0.3, 0.4) is 0 Å². The lowest BCUT2D eigenvalue weighted by molar-refractivity contribution is 0.281. The Balaban J connectivity index is 2.87. The number of pyridine rings is 1. The van der Waals surface area contributed by atoms with E-state index in [4.69, 9.17) is 10.8 Å². The Hall–Kier alpha value is -1.13. The minimum Gasteiger partial charge on any atom is -0.394 e. The Kier molecular flexibility index (Phi) is 3.85. The van der Waals surface area contributed by atoms with E-state index in [2.05, 4.69) is 10.3 Å². The lowest BCUT2D eigenvalue weighted by Crippen LogP contribution is -2.21. The molecule has 0 saturated heterocycles. The predicted octanol–water partition coefficient (Wildman–Crippen LogP) is 0.641. The standard InChI is InChI=1S/C10H17N3O/c1-7-3-4-9(5-11)10(12-7)13-8(2)6-14/h3-4,8,14H,5-6,11H2,1-2H3,(H,12,13). The number of aliphatic hydroxyl groups is 1. The quantitative estimate of drug-likeness (QED) is 0.659. The van der Waals surface area contributed by atoms with Crippen molar-refractivity contribution in [3.8, 4) is 0 Å². The van der Waals surface area contributed by atoms with Gasteiger partial charge in [0.05, 0.1) is 6.61 Å². The van der Waals surface area contributed by atoms with Gasteiger partial charge in [-0.15, -0.1) is 0 Å². The maximum atomic E-state index is 8.91. The molecule has 1 atom stereocenters. The summed E-state index contributed by atoms with van der Waals surface area (Å²) in [5.41, 5.74) is 7.48. The average molecular weight is 195 g/mol. The van der Waals surface area contributed by atoms with E-state index in [1.54, 1.807) is 0 Å². The number of aryl methyl sites for hydroxylation is 1. The van der Waals surface area contributed by atoms with Crippen molar-refractivity contribution in [3.63, 3.8) is 0 Å². The minimum absolute atomic E-state index is 0.00500. The molecular formula is C10H17N3O. The van der Waals surface area contributed by atoms with Crippen LogP contribution in [0.5, 0.6) is 0 Å². The first kappa shape index (κ1) is 10.9. The van der Waals surface area contributed by atoms with E-state index >= 15 is 0 Å². The zero-order chi connectivity index (χ0) is 10.6. The number of nitrogens with two attached hydrogens (primary N) is 1. The number of hydrogen-bond donors (Lipinski definition) is 3. The van der Waals surface area contributed by atoms with Gasteiger partial charge in [-0.3, -0.25) is 0 Å². The molecule has 0 spiro atoms. The second-order valence-corrected chi connectivity index (χ2v) is 3.39. The molecule has 1 aromatic rings. The van der Waals surface area contributed by atoms with Gasteiger partial charge in [-0.25, -0.2) is 4.98 Å². The molecule has 0 aromatic carbocycles. The van der Waals surface area contributed by atoms with Gasteiger partial charge in [0.2, 0.25) is 0 Å². The number of aromatic nitrogens is 1. The maximum absolute atomic E-state index is 8.91. The molecule has 0 bridgehead atoms. The van der Waals surface area contributed by atoms with Crippen molar-refractivity contribution in [1.29, 1.82) is 0 Å². The summed E-state index contributed by atoms with van der Waals surface area (Å²) in [7, 11) is 0. The van der Waals surface area contributed by atoms with Gasteiger partial charge < -0.3 is 16.2 Å². The van der Waals surface area contributed by atoms with Gasteiger partial charge in [-0.1, -0.05) is 6.07 Å². The van der Waals surface area contributed by atoms with Crippen molar-refractivity contribution in [3.05, 3.63) is 23.4 Å². The molecule has 14 heavy (non-hydrogen) atoms. The number of nitrogens with one attached hydrogen (secondary N) is 1. The first-order valence-corrected chi connectivity index (χ1v) is 4.71. The van der Waals surface area contributed by atoms with Gasteiger partial charge in [0, 0.05) is 23.8 Å². The average Bonchev–Trinajstić information content (AvgIpc) is 2.18. The summed E-state index contributed by atoms with van der Waals surface area (Å²) in [5.74, 6) is 0.772. The summed E-state index contributed by atoms with van der Waals surface area (Å²) in [6, 6.07) is 3.88. The van der Waals surface area contributed by atoms with Crippen molar-refractivity contribution >= 4 is 5.82 Å². The monoisotopic (exact) mass is 195 g/mol. The fraction of sp³-hybridized carbons (Fsp3) is 0.500. The molecule has 0 aliphatic heterocycles. The van der Waals surface area contributed by atoms with Gasteiger partial charge in [-0.2, -0.15) is 0 Å². The third-order valence-electron chi connectivity index (χ3n) is 1.99. The normalized spacial score (nSPS) is 12.6. The van der Waals surface area contributed by atoms with E-state index in [-0.39, 0.29) is 12.6 Å². The molecule has 4 nitrogen and oxygen atoms in total. The highest BCUT2D eigenvalue weighted by atomic mass is 16.3. The van der Waals surface area contributed by atoms with Crippen molar-refractivity contribution in [2.24, 2.45) is 5.73 Å². The van der Waals surface area contributed by atoms with Crippen LogP contribution in [0, 0.1) is 6.92 Å². The molecule has 1 aromatic heterocycles. The van der Waals surface area contributed by atoms with Crippen LogP contribution in [0.2, 0.25) is 0 Å². The molecule has 1 unspecified atom stereocenters. The van der Waals surface area contributed by atoms with Gasteiger partial charge in [0.1, 0.15) is 5.82 Å². The Morgan fingerprint density at radius 2 is 2.29 bits per heavy atom. The molecule has 1 heterocycles. The molecule has 78 valence electrons. The summed E-state index contributed by atoms with van der Waals surface area (Å²) in [4.78, 5) is 4.33. The van der Waals surface area contributed by atoms with Crippen molar-refractivity contribution in [2.45, 2.75) is 26.4 Å². The molecule has 0 fully saturated rings. The van der Waals surface area contributed by atoms with E-state index in [9.17, 15) is 0 Å². The van der Waals surface area contributed by atoms with Crippen LogP contribution >= 0.6 is 0 Å². The van der Waals surface area contributed by atoms with Crippen LogP contribution in [0.4, 0.5) is 5.82 Å². The molecule has 4 N–H and O–H groups in total. The van der Waals surface area contributed by atoms with Crippen molar-refractivity contribution in [1.82, 2.24) is 4.98 Å². The van der Waals surface area contributed by atoms with Gasteiger partial charge in [0.15, 0.2) is 0 Å². The summed E-state index contributed by atoms with van der Waals surface area (Å²) in [5, 5.41) is 12.0. The Bertz CT molecular complexity index is 301. The highest BCUT2D eigenvalue weighted by Crippen LogP contribution is 2.13. The zero-order valence-corrected chi connectivity index (χ0v) is 8.62. The maximum Gasteiger partial charge on any atom is 0.131 e. The lowest BCUT2D eigenvalue weighted by atomic mass is 10.2. The molecule has 0 aliphatic carbocycles. The fourth-order valence-electron chi connectivity index (χ4n) is 1.15. The van der Waals surface area contributed by atoms with E-state index < -0.39 is 0 Å². The third kappa shape index (κ3) is 2.68. The summed E-state index contributed by atoms with van der Waals surface area (Å²) in [6.07, 6.45) is 0. The van der Waals surface area contributed by atoms with E-state index in [1.165, 1.54) is 0 Å². The van der Waals surface area contributed by atoms with Crippen LogP contribution in [-0.4, -0.2) is 22.7 Å². The van der Waals surface area contributed by atoms with Gasteiger partial charge >= 0.3 is 0 Å². The van der Waals surface area contributed by atoms with E-state index in [0.29, 0.717) is 6.54 Å². The Morgan fingerprint density at radius 1 is 1.57 bits per heavy atom. The third-order valence-corrected chi connectivity index (χ3v) is 1.99. The topological polar surface area (TPSA) is 71.2 Å². The van der Waals surface area contributed by atoms with Crippen LogP contribution in [0.15, 0.2) is 12.1 Å². The van der Waals surface area contributed by atoms with Gasteiger partial charge in [0.25, 0.3) is 0 Å². The number of anilines is 1. The first-order chi connectivity index (χ1) is 6.67. The van der Waals surface area contributed by atoms with Crippen LogP contribution in [-0.2, 0) is 6.54 Å². The molecule has 0 radical (unpaired) electrons. The second kappa shape index (κ2) is 4.93. The molecular weight excluding hydrogens is 178 g/mol. The number of nitrogens with zero attached hydrogens (tertiary/aromatic N) is 1. The molecule has 1 rings (SSSR count). The smallest absolute Gasteiger partial charge is 0.131 e. The summed E-state index contributed by atoms with van der Waals surface area (Å²) < 4.78 is 0. The highest BCUT2D eigenvalue weighted by Gasteiger charge is 2.05. The van der Waals surface area contributed by atoms with Crippen molar-refractivity contribution in [2.75, 3.05) is 11.9 Å². The highest BCUT2D eigenvalue weighted by molar-refractivity contribution is 5.45. The number of rotatable bonds is 4. The largest absolute Gasteiger partial charge is 0.394 e. The Morgan fingerprint density at radius 3 is 2.86 bits per heavy atom. The lowest BCUT2D eigenvalue weighted by Gasteiger charge is -2.14. The number of hydrogen-bond acceptors (Lipinski definition) is 4. The van der Waals surface area contributed by atoms with Gasteiger partial charge in [-0.05, 0) is 19.9 Å². The molecule has 0 amide bonds. The van der Waals surface area contributed by atoms with Crippen LogP contribution < -0.4 is 11.1 Å². The summed E-state index contributed by atoms with van der Waals surface area (Å²) >= 11 is 0.